The third-order valence-corrected chi connectivity index (χ3v) is 3.69. The first-order valence-corrected chi connectivity index (χ1v) is 7.45. The number of piperidine rings is 1. The van der Waals surface area contributed by atoms with Crippen LogP contribution < -0.4 is 10.6 Å². The Morgan fingerprint density at radius 1 is 1.35 bits per heavy atom. The number of carbonyl (C=O) groups is 1. The summed E-state index contributed by atoms with van der Waals surface area (Å²) in [6.07, 6.45) is 2.80. The van der Waals surface area contributed by atoms with Gasteiger partial charge in [0.1, 0.15) is 0 Å². The van der Waals surface area contributed by atoms with Gasteiger partial charge in [0.05, 0.1) is 6.61 Å². The number of nitrogens with one attached hydrogen (secondary N) is 2. The molecule has 4 heteroatoms. The Morgan fingerprint density at radius 3 is 2.85 bits per heavy atom. The van der Waals surface area contributed by atoms with E-state index in [1.807, 2.05) is 31.2 Å². The van der Waals surface area contributed by atoms with Crippen molar-refractivity contribution in [1.82, 2.24) is 5.32 Å². The van der Waals surface area contributed by atoms with Crippen molar-refractivity contribution in [3.05, 3.63) is 29.8 Å². The number of hydrogen-bond donors (Lipinski definition) is 2. The van der Waals surface area contributed by atoms with E-state index in [-0.39, 0.29) is 5.91 Å². The molecule has 2 N–H and O–H groups in total. The molecule has 0 atom stereocenters. The van der Waals surface area contributed by atoms with E-state index in [1.54, 1.807) is 0 Å². The molecule has 1 aromatic rings. The minimum Gasteiger partial charge on any atom is -0.377 e. The highest BCUT2D eigenvalue weighted by Gasteiger charge is 2.17. The summed E-state index contributed by atoms with van der Waals surface area (Å²) in [4.78, 5) is 12.1. The van der Waals surface area contributed by atoms with Crippen LogP contribution in [0.1, 0.15) is 31.7 Å². The van der Waals surface area contributed by atoms with Gasteiger partial charge in [-0.15, -0.1) is 0 Å². The molecule has 110 valence electrons. The second-order valence-corrected chi connectivity index (χ2v) is 5.24. The van der Waals surface area contributed by atoms with Crippen LogP contribution in [0.4, 0.5) is 5.69 Å². The number of carbonyl (C=O) groups excluding carboxylic acids is 1. The SMILES string of the molecule is CCOCc1ccccc1NC(=O)CC1CCNCC1. The van der Waals surface area contributed by atoms with Crippen molar-refractivity contribution < 1.29 is 9.53 Å². The van der Waals surface area contributed by atoms with Gasteiger partial charge in [0, 0.05) is 24.3 Å². The van der Waals surface area contributed by atoms with Gasteiger partial charge in [0.2, 0.25) is 5.91 Å². The zero-order chi connectivity index (χ0) is 14.2. The van der Waals surface area contributed by atoms with E-state index in [4.69, 9.17) is 4.74 Å². The smallest absolute Gasteiger partial charge is 0.224 e. The summed E-state index contributed by atoms with van der Waals surface area (Å²) < 4.78 is 5.43. The Kier molecular flexibility index (Phi) is 6.02. The second kappa shape index (κ2) is 8.02. The van der Waals surface area contributed by atoms with Crippen LogP contribution in [0.25, 0.3) is 0 Å². The molecule has 1 aliphatic heterocycles. The summed E-state index contributed by atoms with van der Waals surface area (Å²) in [6.45, 7) is 5.24. The van der Waals surface area contributed by atoms with Gasteiger partial charge in [0.25, 0.3) is 0 Å². The van der Waals surface area contributed by atoms with E-state index in [0.717, 1.165) is 37.2 Å². The molecule has 0 spiro atoms. The van der Waals surface area contributed by atoms with Crippen LogP contribution in [0.5, 0.6) is 0 Å². The van der Waals surface area contributed by atoms with Crippen molar-refractivity contribution in [3.63, 3.8) is 0 Å². The van der Waals surface area contributed by atoms with E-state index >= 15 is 0 Å². The molecular weight excluding hydrogens is 252 g/mol. The first-order chi connectivity index (χ1) is 9.79. The summed E-state index contributed by atoms with van der Waals surface area (Å²) in [5.41, 5.74) is 1.91. The van der Waals surface area contributed by atoms with Gasteiger partial charge in [0.15, 0.2) is 0 Å². The Labute approximate surface area is 120 Å². The minimum atomic E-state index is 0.112. The molecule has 0 bridgehead atoms. The first kappa shape index (κ1) is 15.0. The average Bonchev–Trinajstić information content (AvgIpc) is 2.47. The van der Waals surface area contributed by atoms with E-state index in [9.17, 15) is 4.79 Å². The number of hydrogen-bond acceptors (Lipinski definition) is 3. The van der Waals surface area contributed by atoms with Crippen LogP contribution in [-0.4, -0.2) is 25.6 Å². The third-order valence-electron chi connectivity index (χ3n) is 3.69. The van der Waals surface area contributed by atoms with Crippen LogP contribution in [0.3, 0.4) is 0 Å². The van der Waals surface area contributed by atoms with Crippen LogP contribution in [0, 0.1) is 5.92 Å². The van der Waals surface area contributed by atoms with Crippen LogP contribution >= 0.6 is 0 Å². The highest BCUT2D eigenvalue weighted by atomic mass is 16.5. The Balaban J connectivity index is 1.89. The maximum absolute atomic E-state index is 12.1. The zero-order valence-electron chi connectivity index (χ0n) is 12.2. The molecule has 1 amide bonds. The standard InChI is InChI=1S/C16H24N2O2/c1-2-20-12-14-5-3-4-6-15(14)18-16(19)11-13-7-9-17-10-8-13/h3-6,13,17H,2,7-12H2,1H3,(H,18,19). The molecule has 1 saturated heterocycles. The molecule has 0 aliphatic carbocycles. The minimum absolute atomic E-state index is 0.112. The van der Waals surface area contributed by atoms with Gasteiger partial charge in [-0.05, 0) is 44.8 Å². The Bertz CT molecular complexity index is 428. The van der Waals surface area contributed by atoms with Gasteiger partial charge >= 0.3 is 0 Å². The van der Waals surface area contributed by atoms with E-state index in [0.29, 0.717) is 25.6 Å². The van der Waals surface area contributed by atoms with Crippen molar-refractivity contribution >= 4 is 11.6 Å². The van der Waals surface area contributed by atoms with Gasteiger partial charge in [-0.25, -0.2) is 0 Å². The Morgan fingerprint density at radius 2 is 2.10 bits per heavy atom. The second-order valence-electron chi connectivity index (χ2n) is 5.24. The number of anilines is 1. The fourth-order valence-electron chi connectivity index (χ4n) is 2.53. The topological polar surface area (TPSA) is 50.4 Å². The van der Waals surface area contributed by atoms with Crippen molar-refractivity contribution in [2.24, 2.45) is 5.92 Å². The van der Waals surface area contributed by atoms with Crippen molar-refractivity contribution in [1.29, 1.82) is 0 Å². The molecule has 0 saturated carbocycles. The molecule has 0 radical (unpaired) electrons. The Hall–Kier alpha value is -1.39. The summed E-state index contributed by atoms with van der Waals surface area (Å²) in [5, 5.41) is 6.35. The normalized spacial score (nSPS) is 16.1. The zero-order valence-corrected chi connectivity index (χ0v) is 12.2. The van der Waals surface area contributed by atoms with E-state index in [1.165, 1.54) is 0 Å². The number of rotatable bonds is 6. The predicted octanol–water partition coefficient (Wildman–Crippen LogP) is 2.55. The van der Waals surface area contributed by atoms with Crippen molar-refractivity contribution in [2.75, 3.05) is 25.0 Å². The highest BCUT2D eigenvalue weighted by molar-refractivity contribution is 5.91. The lowest BCUT2D eigenvalue weighted by Gasteiger charge is -2.22. The predicted molar refractivity (Wildman–Crippen MR) is 80.6 cm³/mol. The maximum Gasteiger partial charge on any atom is 0.224 e. The van der Waals surface area contributed by atoms with Crippen LogP contribution in [-0.2, 0) is 16.1 Å². The summed E-state index contributed by atoms with van der Waals surface area (Å²) >= 11 is 0. The molecule has 1 heterocycles. The fourth-order valence-corrected chi connectivity index (χ4v) is 2.53. The first-order valence-electron chi connectivity index (χ1n) is 7.45. The maximum atomic E-state index is 12.1. The molecule has 2 rings (SSSR count). The number of ether oxygens (including phenoxy) is 1. The molecule has 0 unspecified atom stereocenters. The molecule has 0 aromatic heterocycles. The summed E-state index contributed by atoms with van der Waals surface area (Å²) in [5.74, 6) is 0.621. The number of benzene rings is 1. The van der Waals surface area contributed by atoms with Crippen LogP contribution in [0.2, 0.25) is 0 Å². The number of amides is 1. The third kappa shape index (κ3) is 4.62. The molecule has 1 aromatic carbocycles. The van der Waals surface area contributed by atoms with Crippen molar-refractivity contribution in [3.8, 4) is 0 Å². The lowest BCUT2D eigenvalue weighted by Crippen LogP contribution is -2.30. The van der Waals surface area contributed by atoms with Gasteiger partial charge < -0.3 is 15.4 Å². The fraction of sp³-hybridized carbons (Fsp3) is 0.562. The highest BCUT2D eigenvalue weighted by Crippen LogP contribution is 2.20. The molecular formula is C16H24N2O2. The average molecular weight is 276 g/mol. The lowest BCUT2D eigenvalue weighted by atomic mass is 9.94. The molecule has 1 aliphatic rings. The van der Waals surface area contributed by atoms with Crippen molar-refractivity contribution in [2.45, 2.75) is 32.8 Å². The van der Waals surface area contributed by atoms with Crippen LogP contribution in [0.15, 0.2) is 24.3 Å². The van der Waals surface area contributed by atoms with Gasteiger partial charge in [-0.3, -0.25) is 4.79 Å². The largest absolute Gasteiger partial charge is 0.377 e. The molecule has 4 nitrogen and oxygen atoms in total. The number of para-hydroxylation sites is 1. The van der Waals surface area contributed by atoms with Gasteiger partial charge in [-0.2, -0.15) is 0 Å². The van der Waals surface area contributed by atoms with Gasteiger partial charge in [-0.1, -0.05) is 18.2 Å². The lowest BCUT2D eigenvalue weighted by molar-refractivity contribution is -0.117. The van der Waals surface area contributed by atoms with E-state index in [2.05, 4.69) is 10.6 Å². The monoisotopic (exact) mass is 276 g/mol. The molecule has 1 fully saturated rings. The molecule has 20 heavy (non-hydrogen) atoms. The quantitative estimate of drug-likeness (QED) is 0.839. The summed E-state index contributed by atoms with van der Waals surface area (Å²) in [6, 6.07) is 7.84. The van der Waals surface area contributed by atoms with E-state index < -0.39 is 0 Å². The summed E-state index contributed by atoms with van der Waals surface area (Å²) in [7, 11) is 0.